The molecule has 0 radical (unpaired) electrons. The number of hydrogen-bond acceptors (Lipinski definition) is 14. The number of phosphoric ester groups is 2. The molecule has 87 heavy (non-hydrogen) atoms. The molecule has 5 atom stereocenters. The molecule has 16 nitrogen and oxygen atoms in total. The average Bonchev–Trinajstić information content (AvgIpc) is 3.53. The second kappa shape index (κ2) is 63.2. The fourth-order valence-corrected chi connectivity index (χ4v) is 10.8. The fourth-order valence-electron chi connectivity index (χ4n) is 9.17. The Morgan fingerprint density at radius 1 is 0.333 bits per heavy atom. The third kappa shape index (κ3) is 64.3. The van der Waals surface area contributed by atoms with E-state index in [1.54, 1.807) is 0 Å². The summed E-state index contributed by atoms with van der Waals surface area (Å²) in [6.45, 7) is 2.52. The minimum atomic E-state index is -4.91. The fraction of sp³-hybridized carbons (Fsp3) is 0.783. The second-order valence-corrected chi connectivity index (χ2v) is 25.9. The molecule has 0 fully saturated rings. The third-order valence-corrected chi connectivity index (χ3v) is 16.3. The molecule has 4 N–H and O–H groups in total. The first-order valence-corrected chi connectivity index (χ1v) is 37.2. The number of carbonyl (C=O) groups is 3. The summed E-state index contributed by atoms with van der Waals surface area (Å²) in [6, 6.07) is 0. The van der Waals surface area contributed by atoms with Gasteiger partial charge >= 0.3 is 33.6 Å². The largest absolute Gasteiger partial charge is 0.472 e. The van der Waals surface area contributed by atoms with Gasteiger partial charge in [0.05, 0.1) is 26.4 Å². The quantitative estimate of drug-likeness (QED) is 0.0146. The van der Waals surface area contributed by atoms with E-state index in [2.05, 4.69) is 93.7 Å². The Morgan fingerprint density at radius 3 is 1.01 bits per heavy atom. The molecule has 0 aromatic heterocycles. The first-order chi connectivity index (χ1) is 42.2. The molecule has 5 unspecified atom stereocenters. The van der Waals surface area contributed by atoms with Gasteiger partial charge in [-0.3, -0.25) is 32.5 Å². The van der Waals surface area contributed by atoms with Crippen LogP contribution in [0.25, 0.3) is 0 Å². The van der Waals surface area contributed by atoms with E-state index < -0.39 is 91.5 Å². The van der Waals surface area contributed by atoms with Gasteiger partial charge < -0.3 is 34.2 Å². The predicted molar refractivity (Wildman–Crippen MR) is 353 cm³/mol. The molecule has 0 aromatic rings. The van der Waals surface area contributed by atoms with Gasteiger partial charge in [-0.15, -0.1) is 0 Å². The van der Waals surface area contributed by atoms with E-state index in [9.17, 15) is 43.5 Å². The van der Waals surface area contributed by atoms with E-state index in [1.807, 2.05) is 0 Å². The summed E-state index contributed by atoms with van der Waals surface area (Å²) < 4.78 is 60.7. The number of phosphoric acid groups is 2. The summed E-state index contributed by atoms with van der Waals surface area (Å²) in [5.74, 6) is -1.58. The number of allylic oxidation sites excluding steroid dienone is 12. The maximum absolute atomic E-state index is 12.8. The van der Waals surface area contributed by atoms with Crippen LogP contribution in [0.15, 0.2) is 72.9 Å². The molecule has 0 spiro atoms. The number of aliphatic hydroxyl groups excluding tert-OH is 2. The Morgan fingerprint density at radius 2 is 0.621 bits per heavy atom. The highest BCUT2D eigenvalue weighted by molar-refractivity contribution is 7.47. The molecule has 0 heterocycles. The maximum Gasteiger partial charge on any atom is 0.472 e. The number of esters is 3. The van der Waals surface area contributed by atoms with E-state index in [-0.39, 0.29) is 19.3 Å². The number of rotatable bonds is 65. The predicted octanol–water partition coefficient (Wildman–Crippen LogP) is 18.8. The lowest BCUT2D eigenvalue weighted by Gasteiger charge is -2.21. The summed E-state index contributed by atoms with van der Waals surface area (Å²) >= 11 is 0. The van der Waals surface area contributed by atoms with Crippen molar-refractivity contribution in [3.63, 3.8) is 0 Å². The van der Waals surface area contributed by atoms with Crippen LogP contribution in [0.4, 0.5) is 0 Å². The smallest absolute Gasteiger partial charge is 0.463 e. The Kier molecular flexibility index (Phi) is 61.0. The minimum absolute atomic E-state index is 0.0983. The molecule has 0 aliphatic heterocycles. The van der Waals surface area contributed by atoms with Crippen molar-refractivity contribution < 1.29 is 75.8 Å². The summed E-state index contributed by atoms with van der Waals surface area (Å²) in [6.07, 6.45) is 65.5. The Labute approximate surface area is 528 Å². The number of ether oxygens (including phenoxy) is 3. The monoisotopic (exact) mass is 1270 g/mol. The van der Waals surface area contributed by atoms with Gasteiger partial charge in [0.2, 0.25) is 0 Å². The molecule has 0 bridgehead atoms. The van der Waals surface area contributed by atoms with Crippen molar-refractivity contribution in [3.8, 4) is 0 Å². The van der Waals surface area contributed by atoms with E-state index in [0.29, 0.717) is 19.3 Å². The molecule has 506 valence electrons. The number of carbonyl (C=O) groups excluding carboxylic acids is 3. The Hall–Kier alpha value is -3.01. The van der Waals surface area contributed by atoms with Crippen LogP contribution in [-0.4, -0.2) is 95.9 Å². The molecular weight excluding hydrogens is 1150 g/mol. The molecule has 18 heteroatoms. The van der Waals surface area contributed by atoms with E-state index in [4.69, 9.17) is 32.3 Å². The molecule has 0 rings (SSSR count). The highest BCUT2D eigenvalue weighted by Crippen LogP contribution is 2.45. The van der Waals surface area contributed by atoms with Gasteiger partial charge in [-0.2, -0.15) is 0 Å². The maximum atomic E-state index is 12.8. The van der Waals surface area contributed by atoms with E-state index in [0.717, 1.165) is 116 Å². The van der Waals surface area contributed by atoms with Crippen molar-refractivity contribution in [2.45, 2.75) is 309 Å². The van der Waals surface area contributed by atoms with Crippen molar-refractivity contribution in [1.29, 1.82) is 0 Å². The van der Waals surface area contributed by atoms with Crippen molar-refractivity contribution >= 4 is 33.6 Å². The first kappa shape index (κ1) is 84.0. The first-order valence-electron chi connectivity index (χ1n) is 34.2. The van der Waals surface area contributed by atoms with Gasteiger partial charge in [0.15, 0.2) is 6.10 Å². The summed E-state index contributed by atoms with van der Waals surface area (Å²) in [5, 5.41) is 20.5. The average molecular weight is 1270 g/mol. The summed E-state index contributed by atoms with van der Waals surface area (Å²) in [5.41, 5.74) is 0. The lowest BCUT2D eigenvalue weighted by Crippen LogP contribution is -2.30. The Bertz CT molecular complexity index is 1880. The third-order valence-electron chi connectivity index (χ3n) is 14.4. The number of hydrogen-bond donors (Lipinski definition) is 4. The van der Waals surface area contributed by atoms with Crippen molar-refractivity contribution in [1.82, 2.24) is 0 Å². The molecule has 0 aromatic carbocycles. The van der Waals surface area contributed by atoms with Crippen molar-refractivity contribution in [2.75, 3.05) is 39.6 Å². The van der Waals surface area contributed by atoms with Crippen LogP contribution in [0.3, 0.4) is 0 Å². The summed E-state index contributed by atoms with van der Waals surface area (Å²) in [7, 11) is -9.76. The molecule has 0 aliphatic rings. The van der Waals surface area contributed by atoms with E-state index in [1.165, 1.54) is 116 Å². The van der Waals surface area contributed by atoms with Crippen LogP contribution in [0, 0.1) is 0 Å². The van der Waals surface area contributed by atoms with Crippen LogP contribution >= 0.6 is 15.6 Å². The zero-order chi connectivity index (χ0) is 63.8. The number of unbranched alkanes of at least 4 members (excludes halogenated alkanes) is 30. The van der Waals surface area contributed by atoms with Gasteiger partial charge in [-0.25, -0.2) is 9.13 Å². The van der Waals surface area contributed by atoms with Crippen LogP contribution in [0.1, 0.15) is 290 Å². The van der Waals surface area contributed by atoms with Crippen LogP contribution in [0.2, 0.25) is 0 Å². The van der Waals surface area contributed by atoms with Crippen LogP contribution in [0.5, 0.6) is 0 Å². The SMILES string of the molecule is CC/C=C\C/C=C\C/C=C\C/C=C\C/C=C\CCCCCCCCCCCCCC(=O)OCC(O)COP(=O)(O)OCC(O)COP(=O)(O)OCC(COC(=O)CCCCCCCCCCCCCCC)OC(=O)CCCCCCC/C=C\CCCC. The van der Waals surface area contributed by atoms with Gasteiger partial charge in [0.1, 0.15) is 25.4 Å². The van der Waals surface area contributed by atoms with Gasteiger partial charge in [-0.05, 0) is 83.5 Å². The Balaban J connectivity index is 4.41. The standard InChI is InChI=1S/C69H124O16P2/c1-4-7-10-13-16-19-22-24-25-26-27-28-29-30-31-32-33-34-35-36-37-39-42-43-46-49-52-55-67(72)79-58-64(70)59-81-86(75,76)82-60-65(71)61-83-87(77,78)84-63-66(85-69(74)57-54-51-48-45-40-21-18-15-12-9-6-3)62-80-68(73)56-53-50-47-44-41-38-23-20-17-14-11-8-5-2/h7,10,15-16,18-19,24-25,27-28,30-31,64-66,70-71H,4-6,8-9,11-14,17,20-23,26,29,32-63H2,1-3H3,(H,75,76)(H,77,78)/b10-7-,18-15-,19-16-,25-24-,28-27-,31-30-. The van der Waals surface area contributed by atoms with Gasteiger partial charge in [0.25, 0.3) is 0 Å². The van der Waals surface area contributed by atoms with Gasteiger partial charge in [-0.1, -0.05) is 261 Å². The van der Waals surface area contributed by atoms with Crippen molar-refractivity contribution in [3.05, 3.63) is 72.9 Å². The zero-order valence-electron chi connectivity index (χ0n) is 54.7. The lowest BCUT2D eigenvalue weighted by molar-refractivity contribution is -0.161. The molecule has 0 saturated carbocycles. The second-order valence-electron chi connectivity index (χ2n) is 23.0. The molecular formula is C69H124O16P2. The minimum Gasteiger partial charge on any atom is -0.463 e. The molecule has 0 amide bonds. The lowest BCUT2D eigenvalue weighted by atomic mass is 10.0. The van der Waals surface area contributed by atoms with Crippen molar-refractivity contribution in [2.24, 2.45) is 0 Å². The highest BCUT2D eigenvalue weighted by Gasteiger charge is 2.29. The summed E-state index contributed by atoms with van der Waals surface area (Å²) in [4.78, 5) is 58.2. The van der Waals surface area contributed by atoms with Crippen LogP contribution < -0.4 is 0 Å². The van der Waals surface area contributed by atoms with Crippen LogP contribution in [-0.2, 0) is 55.8 Å². The topological polar surface area (TPSA) is 231 Å². The number of aliphatic hydroxyl groups is 2. The molecule has 0 saturated heterocycles. The normalized spacial score (nSPS) is 14.7. The van der Waals surface area contributed by atoms with E-state index >= 15 is 0 Å². The highest BCUT2D eigenvalue weighted by atomic mass is 31.2. The molecule has 0 aliphatic carbocycles. The van der Waals surface area contributed by atoms with Gasteiger partial charge in [0, 0.05) is 19.3 Å². The zero-order valence-corrected chi connectivity index (χ0v) is 56.5.